The molecule has 0 spiro atoms. The Bertz CT molecular complexity index is 356. The van der Waals surface area contributed by atoms with Gasteiger partial charge in [-0.15, -0.1) is 0 Å². The highest BCUT2D eigenvalue weighted by Gasteiger charge is 2.16. The number of hydrogen-bond donors (Lipinski definition) is 2. The Balaban J connectivity index is 1.81. The van der Waals surface area contributed by atoms with Crippen LogP contribution in [0.1, 0.15) is 28.9 Å². The number of hydrogen-bond acceptors (Lipinski definition) is 3. The van der Waals surface area contributed by atoms with Gasteiger partial charge in [0.1, 0.15) is 0 Å². The zero-order valence-corrected chi connectivity index (χ0v) is 9.45. The molecule has 5 heteroatoms. The predicted octanol–water partition coefficient (Wildman–Crippen LogP) is 0.875. The number of carbonyl (C=O) groups excluding carboxylic acids is 1. The van der Waals surface area contributed by atoms with E-state index in [2.05, 4.69) is 15.5 Å². The van der Waals surface area contributed by atoms with Gasteiger partial charge in [-0.25, -0.2) is 0 Å². The van der Waals surface area contributed by atoms with Gasteiger partial charge >= 0.3 is 0 Å². The van der Waals surface area contributed by atoms with Crippen molar-refractivity contribution in [3.63, 3.8) is 0 Å². The molecule has 0 aromatic carbocycles. The second-order valence-electron chi connectivity index (χ2n) is 4.20. The highest BCUT2D eigenvalue weighted by molar-refractivity contribution is 5.94. The van der Waals surface area contributed by atoms with Crippen LogP contribution in [0.15, 0.2) is 6.20 Å². The lowest BCUT2D eigenvalue weighted by atomic mass is 10.0. The average Bonchev–Trinajstić information content (AvgIpc) is 2.74. The molecule has 0 radical (unpaired) electrons. The van der Waals surface area contributed by atoms with Gasteiger partial charge < -0.3 is 10.1 Å². The highest BCUT2D eigenvalue weighted by atomic mass is 16.5. The number of rotatable bonds is 3. The van der Waals surface area contributed by atoms with Crippen LogP contribution in [0.25, 0.3) is 0 Å². The molecule has 1 aromatic rings. The fraction of sp³-hybridized carbons (Fsp3) is 0.636. The fourth-order valence-corrected chi connectivity index (χ4v) is 1.88. The number of H-pyrrole nitrogens is 1. The van der Waals surface area contributed by atoms with Crippen molar-refractivity contribution in [2.24, 2.45) is 5.92 Å². The van der Waals surface area contributed by atoms with Gasteiger partial charge in [0.05, 0.1) is 18.4 Å². The summed E-state index contributed by atoms with van der Waals surface area (Å²) in [6.45, 7) is 4.13. The second kappa shape index (κ2) is 5.12. The van der Waals surface area contributed by atoms with Gasteiger partial charge in [0, 0.05) is 18.8 Å². The molecule has 2 heterocycles. The molecular weight excluding hydrogens is 206 g/mol. The van der Waals surface area contributed by atoms with E-state index in [4.69, 9.17) is 4.74 Å². The minimum Gasteiger partial charge on any atom is -0.381 e. The summed E-state index contributed by atoms with van der Waals surface area (Å²) in [7, 11) is 0. The Morgan fingerprint density at radius 2 is 2.62 bits per heavy atom. The average molecular weight is 223 g/mol. The lowest BCUT2D eigenvalue weighted by Crippen LogP contribution is -2.33. The number of nitrogens with one attached hydrogen (secondary N) is 2. The van der Waals surface area contributed by atoms with Crippen molar-refractivity contribution in [1.82, 2.24) is 15.5 Å². The third-order valence-corrected chi connectivity index (χ3v) is 2.88. The summed E-state index contributed by atoms with van der Waals surface area (Å²) in [6.07, 6.45) is 3.78. The number of aryl methyl sites for hydroxylation is 1. The van der Waals surface area contributed by atoms with Gasteiger partial charge in [0.25, 0.3) is 5.91 Å². The van der Waals surface area contributed by atoms with Gasteiger partial charge in [-0.05, 0) is 25.7 Å². The Morgan fingerprint density at radius 3 is 3.25 bits per heavy atom. The number of ether oxygens (including phenoxy) is 1. The minimum absolute atomic E-state index is 0.0585. The molecule has 1 amide bonds. The standard InChI is InChI=1S/C11H17N3O2/c1-8-10(6-13-14-8)11(15)12-5-9-3-2-4-16-7-9/h6,9H,2-5,7H2,1H3,(H,12,15)(H,13,14). The van der Waals surface area contributed by atoms with Crippen LogP contribution < -0.4 is 5.32 Å². The molecule has 1 aromatic heterocycles. The van der Waals surface area contributed by atoms with E-state index in [0.717, 1.165) is 31.7 Å². The largest absolute Gasteiger partial charge is 0.381 e. The van der Waals surface area contributed by atoms with Crippen molar-refractivity contribution >= 4 is 5.91 Å². The second-order valence-corrected chi connectivity index (χ2v) is 4.20. The van der Waals surface area contributed by atoms with Crippen molar-refractivity contribution in [2.75, 3.05) is 19.8 Å². The van der Waals surface area contributed by atoms with E-state index >= 15 is 0 Å². The molecule has 5 nitrogen and oxygen atoms in total. The van der Waals surface area contributed by atoms with Crippen LogP contribution in [0.5, 0.6) is 0 Å². The lowest BCUT2D eigenvalue weighted by Gasteiger charge is -2.22. The molecule has 0 saturated carbocycles. The molecule has 0 aliphatic carbocycles. The molecule has 0 bridgehead atoms. The maximum absolute atomic E-state index is 11.8. The first-order valence-electron chi connectivity index (χ1n) is 5.63. The summed E-state index contributed by atoms with van der Waals surface area (Å²) < 4.78 is 5.36. The smallest absolute Gasteiger partial charge is 0.254 e. The molecule has 1 atom stereocenters. The number of amides is 1. The Hall–Kier alpha value is -1.36. The maximum Gasteiger partial charge on any atom is 0.254 e. The van der Waals surface area contributed by atoms with Gasteiger partial charge in [-0.1, -0.05) is 0 Å². The number of nitrogens with zero attached hydrogens (tertiary/aromatic N) is 1. The quantitative estimate of drug-likeness (QED) is 0.799. The summed E-state index contributed by atoms with van der Waals surface area (Å²) in [4.78, 5) is 11.8. The molecule has 1 aliphatic heterocycles. The van der Waals surface area contributed by atoms with Crippen molar-refractivity contribution in [3.8, 4) is 0 Å². The van der Waals surface area contributed by atoms with E-state index in [1.807, 2.05) is 6.92 Å². The van der Waals surface area contributed by atoms with Crippen LogP contribution in [-0.4, -0.2) is 35.9 Å². The van der Waals surface area contributed by atoms with Gasteiger partial charge in [-0.3, -0.25) is 9.89 Å². The molecule has 16 heavy (non-hydrogen) atoms. The van der Waals surface area contributed by atoms with Crippen molar-refractivity contribution in [3.05, 3.63) is 17.5 Å². The highest BCUT2D eigenvalue weighted by Crippen LogP contribution is 2.12. The SMILES string of the molecule is Cc1[nH]ncc1C(=O)NCC1CCCOC1. The Kier molecular flexibility index (Phi) is 3.56. The fourth-order valence-electron chi connectivity index (χ4n) is 1.88. The Labute approximate surface area is 94.6 Å². The topological polar surface area (TPSA) is 67.0 Å². The first kappa shape index (κ1) is 11.1. The summed E-state index contributed by atoms with van der Waals surface area (Å²) in [5.41, 5.74) is 1.43. The number of aromatic amines is 1. The zero-order chi connectivity index (χ0) is 11.4. The van der Waals surface area contributed by atoms with Crippen LogP contribution in [0, 0.1) is 12.8 Å². The molecule has 1 aliphatic rings. The summed E-state index contributed by atoms with van der Waals surface area (Å²) in [6, 6.07) is 0. The monoisotopic (exact) mass is 223 g/mol. The van der Waals surface area contributed by atoms with Crippen molar-refractivity contribution < 1.29 is 9.53 Å². The summed E-state index contributed by atoms with van der Waals surface area (Å²) >= 11 is 0. The molecule has 1 saturated heterocycles. The number of aromatic nitrogens is 2. The molecule has 2 rings (SSSR count). The van der Waals surface area contributed by atoms with E-state index in [0.29, 0.717) is 18.0 Å². The zero-order valence-electron chi connectivity index (χ0n) is 9.45. The van der Waals surface area contributed by atoms with Crippen LogP contribution in [0.2, 0.25) is 0 Å². The third-order valence-electron chi connectivity index (χ3n) is 2.88. The van der Waals surface area contributed by atoms with Gasteiger partial charge in [0.15, 0.2) is 0 Å². The van der Waals surface area contributed by atoms with Crippen LogP contribution >= 0.6 is 0 Å². The third kappa shape index (κ3) is 2.61. The number of carbonyl (C=O) groups is 1. The van der Waals surface area contributed by atoms with Gasteiger partial charge in [0.2, 0.25) is 0 Å². The lowest BCUT2D eigenvalue weighted by molar-refractivity contribution is 0.0536. The first-order chi connectivity index (χ1) is 7.77. The molecule has 88 valence electrons. The van der Waals surface area contributed by atoms with E-state index in [1.165, 1.54) is 0 Å². The molecular formula is C11H17N3O2. The molecule has 1 fully saturated rings. The summed E-state index contributed by atoms with van der Waals surface area (Å²) in [5.74, 6) is 0.390. The van der Waals surface area contributed by atoms with Gasteiger partial charge in [-0.2, -0.15) is 5.10 Å². The maximum atomic E-state index is 11.8. The molecule has 2 N–H and O–H groups in total. The first-order valence-corrected chi connectivity index (χ1v) is 5.63. The predicted molar refractivity (Wildman–Crippen MR) is 59.2 cm³/mol. The van der Waals surface area contributed by atoms with Crippen LogP contribution in [0.3, 0.4) is 0 Å². The normalized spacial score (nSPS) is 20.7. The van der Waals surface area contributed by atoms with Crippen molar-refractivity contribution in [2.45, 2.75) is 19.8 Å². The van der Waals surface area contributed by atoms with E-state index < -0.39 is 0 Å². The minimum atomic E-state index is -0.0585. The Morgan fingerprint density at radius 1 is 1.75 bits per heavy atom. The van der Waals surface area contributed by atoms with E-state index in [-0.39, 0.29) is 5.91 Å². The van der Waals surface area contributed by atoms with E-state index in [9.17, 15) is 4.79 Å². The molecule has 1 unspecified atom stereocenters. The van der Waals surface area contributed by atoms with Crippen LogP contribution in [-0.2, 0) is 4.74 Å². The van der Waals surface area contributed by atoms with Crippen molar-refractivity contribution in [1.29, 1.82) is 0 Å². The summed E-state index contributed by atoms with van der Waals surface area (Å²) in [5, 5.41) is 9.50. The van der Waals surface area contributed by atoms with Crippen LogP contribution in [0.4, 0.5) is 0 Å². The van der Waals surface area contributed by atoms with E-state index in [1.54, 1.807) is 6.20 Å².